The lowest BCUT2D eigenvalue weighted by molar-refractivity contribution is -0.142. The van der Waals surface area contributed by atoms with Crippen LogP contribution in [0.4, 0.5) is 0 Å². The van der Waals surface area contributed by atoms with Crippen LogP contribution in [-0.2, 0) is 47.8 Å². The minimum atomic E-state index is -1.16. The van der Waals surface area contributed by atoms with E-state index >= 15 is 0 Å². The summed E-state index contributed by atoms with van der Waals surface area (Å²) in [6.45, 7) is 2.15. The molecule has 0 heterocycles. The molecule has 354 valence electrons. The van der Waals surface area contributed by atoms with Crippen LogP contribution in [-0.4, -0.2) is 122 Å². The Hall–Kier alpha value is -3.24. The quantitative estimate of drug-likeness (QED) is 0.0296. The van der Waals surface area contributed by atoms with Crippen LogP contribution >= 0.6 is 9.39 Å². The van der Waals surface area contributed by atoms with Crippen LogP contribution < -0.4 is 21.0 Å². The minimum Gasteiger partial charge on any atom is -0.481 e. The second kappa shape index (κ2) is 42.1. The topological polar surface area (TPSA) is 256 Å². The maximum absolute atomic E-state index is 12.3. The highest BCUT2D eigenvalue weighted by atomic mass is 31.0. The first-order chi connectivity index (χ1) is 29.5. The third-order valence-electron chi connectivity index (χ3n) is 9.98. The van der Waals surface area contributed by atoms with Gasteiger partial charge in [-0.15, -0.1) is 0 Å². The van der Waals surface area contributed by atoms with Crippen molar-refractivity contribution in [1.82, 2.24) is 21.0 Å². The summed E-state index contributed by atoms with van der Waals surface area (Å²) < 4.78 is 16.2. The van der Waals surface area contributed by atoms with Gasteiger partial charge in [-0.25, -0.2) is 4.79 Å². The number of amides is 3. The molecule has 0 saturated heterocycles. The van der Waals surface area contributed by atoms with E-state index < -0.39 is 30.0 Å². The summed E-state index contributed by atoms with van der Waals surface area (Å²) >= 11 is 0. The number of carbonyl (C=O) groups excluding carboxylic acids is 4. The highest BCUT2D eigenvalue weighted by Gasteiger charge is 2.21. The first-order valence-electron chi connectivity index (χ1n) is 22.7. The predicted octanol–water partition coefficient (Wildman–Crippen LogP) is 5.47. The molecular formula is C43H79N4O13P. The maximum atomic E-state index is 12.3. The summed E-state index contributed by atoms with van der Waals surface area (Å²) in [5.41, 5.74) is 0. The van der Waals surface area contributed by atoms with E-state index in [0.717, 1.165) is 51.4 Å². The normalized spacial score (nSPS) is 12.1. The van der Waals surface area contributed by atoms with Gasteiger partial charge in [0.25, 0.3) is 0 Å². The first kappa shape index (κ1) is 57.8. The zero-order chi connectivity index (χ0) is 45.2. The second-order valence-electron chi connectivity index (χ2n) is 15.5. The summed E-state index contributed by atoms with van der Waals surface area (Å²) in [6, 6.07) is -1.73. The molecule has 1 unspecified atom stereocenters. The van der Waals surface area contributed by atoms with Gasteiger partial charge in [0, 0.05) is 52.0 Å². The molecule has 3 amide bonds. The molecule has 0 saturated carbocycles. The van der Waals surface area contributed by atoms with Gasteiger partial charge in [-0.3, -0.25) is 33.9 Å². The third-order valence-corrected chi connectivity index (χ3v) is 10.4. The van der Waals surface area contributed by atoms with Crippen molar-refractivity contribution in [2.24, 2.45) is 0 Å². The van der Waals surface area contributed by atoms with Gasteiger partial charge in [0.2, 0.25) is 17.7 Å². The zero-order valence-corrected chi connectivity index (χ0v) is 37.9. The van der Waals surface area contributed by atoms with Gasteiger partial charge in [-0.05, 0) is 64.2 Å². The van der Waals surface area contributed by atoms with E-state index in [1.165, 1.54) is 44.9 Å². The average Bonchev–Trinajstić information content (AvgIpc) is 3.22. The summed E-state index contributed by atoms with van der Waals surface area (Å²) in [5, 5.41) is 37.9. The number of rotatable bonds is 46. The third kappa shape index (κ3) is 40.6. The van der Waals surface area contributed by atoms with Crippen molar-refractivity contribution in [3.05, 3.63) is 0 Å². The molecule has 3 atom stereocenters. The zero-order valence-electron chi connectivity index (χ0n) is 36.7. The van der Waals surface area contributed by atoms with Crippen molar-refractivity contribution < 1.29 is 63.1 Å². The van der Waals surface area contributed by atoms with E-state index in [9.17, 15) is 38.7 Å². The molecule has 17 nitrogen and oxygen atoms in total. The van der Waals surface area contributed by atoms with Crippen LogP contribution in [0.3, 0.4) is 0 Å². The molecule has 7 N–H and O–H groups in total. The lowest BCUT2D eigenvalue weighted by Gasteiger charge is -2.14. The molecule has 0 aliphatic heterocycles. The van der Waals surface area contributed by atoms with E-state index in [1.54, 1.807) is 0 Å². The fourth-order valence-corrected chi connectivity index (χ4v) is 6.66. The molecule has 0 aliphatic rings. The monoisotopic (exact) mass is 891 g/mol. The molecule has 0 fully saturated rings. The van der Waals surface area contributed by atoms with Gasteiger partial charge in [0.15, 0.2) is 5.78 Å². The molecule has 0 rings (SSSR count). The number of aliphatic carboxylic acids is 3. The highest BCUT2D eigenvalue weighted by Crippen LogP contribution is 2.14. The standard InChI is InChI=1S/C43H79N4O13P/c48-35(21-20-30-58-31-32-60-34-40(51)45-28-18-16-22-37(47-61)43(56)57)33-59-29-19-13-17-27-44-38(49)26-25-36(42(54)55)46-39(50)23-14-11-9-7-5-3-1-2-4-6-8-10-12-15-24-41(52)53/h36-37,47H,1-34,61H2,(H,44,49)(H,45,51)(H,46,50)(H,52,53)(H,54,55)(H,56,57)/t36-,37-/m0/s1. The van der Waals surface area contributed by atoms with Gasteiger partial charge in [-0.2, -0.15) is 0 Å². The molecule has 0 aliphatic carbocycles. The van der Waals surface area contributed by atoms with Crippen LogP contribution in [0.2, 0.25) is 0 Å². The summed E-state index contributed by atoms with van der Waals surface area (Å²) in [5.74, 6) is -3.64. The van der Waals surface area contributed by atoms with Gasteiger partial charge in [-0.1, -0.05) is 86.4 Å². The minimum absolute atomic E-state index is 0.00663. The predicted molar refractivity (Wildman–Crippen MR) is 235 cm³/mol. The Kier molecular flexibility index (Phi) is 39.8. The molecule has 0 radical (unpaired) electrons. The van der Waals surface area contributed by atoms with Gasteiger partial charge in [0.05, 0.1) is 13.2 Å². The van der Waals surface area contributed by atoms with Crippen LogP contribution in [0.1, 0.15) is 167 Å². The molecule has 0 bridgehead atoms. The van der Waals surface area contributed by atoms with Gasteiger partial charge >= 0.3 is 17.9 Å². The van der Waals surface area contributed by atoms with Crippen molar-refractivity contribution in [2.45, 2.75) is 179 Å². The summed E-state index contributed by atoms with van der Waals surface area (Å²) in [4.78, 5) is 81.6. The molecule has 0 aromatic carbocycles. The van der Waals surface area contributed by atoms with Crippen molar-refractivity contribution in [3.63, 3.8) is 0 Å². The van der Waals surface area contributed by atoms with E-state index in [1.807, 2.05) is 0 Å². The molecule has 0 spiro atoms. The lowest BCUT2D eigenvalue weighted by atomic mass is 10.0. The number of nitrogens with one attached hydrogen (secondary N) is 4. The van der Waals surface area contributed by atoms with Crippen molar-refractivity contribution in [2.75, 3.05) is 52.7 Å². The molecule has 0 aromatic rings. The van der Waals surface area contributed by atoms with Crippen molar-refractivity contribution in [3.8, 4) is 0 Å². The Labute approximate surface area is 366 Å². The highest BCUT2D eigenvalue weighted by molar-refractivity contribution is 7.13. The Bertz CT molecular complexity index is 1200. The number of carbonyl (C=O) groups is 7. The number of hydrogen-bond acceptors (Lipinski definition) is 11. The molecular weight excluding hydrogens is 811 g/mol. The number of unbranched alkanes of at least 4 members (excludes halogenated alkanes) is 16. The number of Topliss-reactive ketones (excluding diaryl/α,β-unsaturated/α-hetero) is 1. The first-order valence-corrected chi connectivity index (χ1v) is 23.2. The van der Waals surface area contributed by atoms with E-state index in [-0.39, 0.29) is 69.0 Å². The largest absolute Gasteiger partial charge is 0.481 e. The summed E-state index contributed by atoms with van der Waals surface area (Å²) in [7, 11) is 2.20. The fourth-order valence-electron chi connectivity index (χ4n) is 6.35. The van der Waals surface area contributed by atoms with Crippen molar-refractivity contribution >= 4 is 50.8 Å². The SMILES string of the molecule is O=C(O)CCCCCCCCCCCCCCCCC(=O)N[C@@H](CCC(=O)NCCCCCOCC(=O)CCCOCCOCC(=O)NCCCC[C@H](NP)C(=O)O)C(=O)O. The Morgan fingerprint density at radius 2 is 0.918 bits per heavy atom. The fraction of sp³-hybridized carbons (Fsp3) is 0.837. The number of carboxylic acids is 3. The molecule has 0 aromatic heterocycles. The van der Waals surface area contributed by atoms with E-state index in [4.69, 9.17) is 24.4 Å². The molecule has 61 heavy (non-hydrogen) atoms. The Morgan fingerprint density at radius 3 is 1.49 bits per heavy atom. The summed E-state index contributed by atoms with van der Waals surface area (Å²) in [6.07, 6.45) is 20.6. The maximum Gasteiger partial charge on any atom is 0.326 e. The second-order valence-corrected chi connectivity index (χ2v) is 15.8. The van der Waals surface area contributed by atoms with Gasteiger partial charge in [0.1, 0.15) is 25.3 Å². The average molecular weight is 891 g/mol. The number of carboxylic acid groups (broad SMARTS) is 3. The lowest BCUT2D eigenvalue weighted by Crippen LogP contribution is -2.41. The number of ketones is 1. The van der Waals surface area contributed by atoms with Crippen LogP contribution in [0.5, 0.6) is 0 Å². The number of ether oxygens (including phenoxy) is 3. The van der Waals surface area contributed by atoms with Crippen molar-refractivity contribution in [1.29, 1.82) is 0 Å². The molecule has 18 heteroatoms. The van der Waals surface area contributed by atoms with Crippen LogP contribution in [0.15, 0.2) is 0 Å². The van der Waals surface area contributed by atoms with Crippen LogP contribution in [0.25, 0.3) is 0 Å². The smallest absolute Gasteiger partial charge is 0.326 e. The van der Waals surface area contributed by atoms with Crippen LogP contribution in [0, 0.1) is 0 Å². The Morgan fingerprint density at radius 1 is 0.426 bits per heavy atom. The van der Waals surface area contributed by atoms with E-state index in [0.29, 0.717) is 77.9 Å². The number of hydrogen-bond donors (Lipinski definition) is 7. The van der Waals surface area contributed by atoms with E-state index in [2.05, 4.69) is 30.4 Å². The Balaban J connectivity index is 3.65. The van der Waals surface area contributed by atoms with Gasteiger partial charge < -0.3 is 45.5 Å².